The van der Waals surface area contributed by atoms with Crippen molar-refractivity contribution in [3.63, 3.8) is 0 Å². The van der Waals surface area contributed by atoms with Crippen molar-refractivity contribution >= 4 is 0 Å². The minimum absolute atomic E-state index is 0.222. The normalized spacial score (nSPS) is 22.3. The first-order chi connectivity index (χ1) is 12.7. The Morgan fingerprint density at radius 1 is 1.08 bits per heavy atom. The van der Waals surface area contributed by atoms with Crippen molar-refractivity contribution in [1.82, 2.24) is 9.80 Å². The summed E-state index contributed by atoms with van der Waals surface area (Å²) < 4.78 is 30.5. The molecular weight excluding hydrogens is 335 g/mol. The van der Waals surface area contributed by atoms with Crippen molar-refractivity contribution in [2.45, 2.75) is 38.3 Å². The largest absolute Gasteiger partial charge is 0.493 e. The number of morpholine rings is 1. The minimum Gasteiger partial charge on any atom is -0.493 e. The van der Waals surface area contributed by atoms with Crippen LogP contribution in [0, 0.1) is 5.82 Å². The van der Waals surface area contributed by atoms with Crippen LogP contribution in [0.2, 0.25) is 0 Å². The second kappa shape index (κ2) is 9.53. The van der Waals surface area contributed by atoms with Crippen LogP contribution in [0.3, 0.4) is 0 Å². The van der Waals surface area contributed by atoms with Crippen LogP contribution in [0.15, 0.2) is 12.1 Å². The van der Waals surface area contributed by atoms with Crippen molar-refractivity contribution in [2.24, 2.45) is 0 Å². The summed E-state index contributed by atoms with van der Waals surface area (Å²) in [6.07, 6.45) is 4.77. The molecular formula is C20H31FN2O3. The molecule has 1 aromatic rings. The van der Waals surface area contributed by atoms with E-state index in [1.54, 1.807) is 13.2 Å². The van der Waals surface area contributed by atoms with Gasteiger partial charge in [-0.05, 0) is 38.4 Å². The highest BCUT2D eigenvalue weighted by Crippen LogP contribution is 2.31. The summed E-state index contributed by atoms with van der Waals surface area (Å²) in [5.41, 5.74) is 0.681. The molecule has 0 spiro atoms. The van der Waals surface area contributed by atoms with E-state index < -0.39 is 0 Å². The van der Waals surface area contributed by atoms with E-state index in [1.165, 1.54) is 32.4 Å². The fourth-order valence-electron chi connectivity index (χ4n) is 3.99. The van der Waals surface area contributed by atoms with Crippen LogP contribution in [0.25, 0.3) is 0 Å². The Hall–Kier alpha value is -1.37. The van der Waals surface area contributed by atoms with Crippen molar-refractivity contribution in [3.8, 4) is 11.5 Å². The number of ether oxygens (including phenoxy) is 3. The molecule has 3 rings (SSSR count). The molecule has 2 heterocycles. The summed E-state index contributed by atoms with van der Waals surface area (Å²) in [6, 6.07) is 3.72. The second-order valence-corrected chi connectivity index (χ2v) is 7.16. The van der Waals surface area contributed by atoms with Crippen molar-refractivity contribution in [3.05, 3.63) is 23.5 Å². The van der Waals surface area contributed by atoms with Crippen LogP contribution in [-0.2, 0) is 11.3 Å². The quantitative estimate of drug-likeness (QED) is 0.741. The average molecular weight is 366 g/mol. The van der Waals surface area contributed by atoms with Gasteiger partial charge in [-0.25, -0.2) is 4.39 Å². The maximum atomic E-state index is 14.5. The maximum absolute atomic E-state index is 14.5. The van der Waals surface area contributed by atoms with Crippen LogP contribution in [0.1, 0.15) is 31.2 Å². The molecule has 146 valence electrons. The molecule has 0 aromatic heterocycles. The van der Waals surface area contributed by atoms with Crippen molar-refractivity contribution in [2.75, 3.05) is 53.6 Å². The zero-order valence-corrected chi connectivity index (χ0v) is 16.0. The molecule has 0 saturated carbocycles. The summed E-state index contributed by atoms with van der Waals surface area (Å²) in [4.78, 5) is 4.92. The smallest absolute Gasteiger partial charge is 0.163 e. The SMILES string of the molecule is COc1cc(F)c(CN2CCCC[C@H]2CCN2CCOCC2)cc1OC. The lowest BCUT2D eigenvalue weighted by Gasteiger charge is -2.37. The van der Waals surface area contributed by atoms with Crippen LogP contribution in [-0.4, -0.2) is 69.5 Å². The molecule has 2 aliphatic rings. The molecule has 0 N–H and O–H groups in total. The third kappa shape index (κ3) is 4.87. The molecule has 2 aliphatic heterocycles. The first kappa shape index (κ1) is 19.4. The third-order valence-electron chi connectivity index (χ3n) is 5.56. The monoisotopic (exact) mass is 366 g/mol. The van der Waals surface area contributed by atoms with E-state index in [2.05, 4.69) is 9.80 Å². The fourth-order valence-corrected chi connectivity index (χ4v) is 3.99. The molecule has 0 aliphatic carbocycles. The fraction of sp³-hybridized carbons (Fsp3) is 0.700. The first-order valence-corrected chi connectivity index (χ1v) is 9.66. The van der Waals surface area contributed by atoms with Gasteiger partial charge in [-0.1, -0.05) is 6.42 Å². The molecule has 0 bridgehead atoms. The lowest BCUT2D eigenvalue weighted by Crippen LogP contribution is -2.43. The lowest BCUT2D eigenvalue weighted by atomic mass is 9.98. The number of rotatable bonds is 7. The zero-order chi connectivity index (χ0) is 18.4. The Morgan fingerprint density at radius 2 is 1.81 bits per heavy atom. The van der Waals surface area contributed by atoms with Gasteiger partial charge in [0.1, 0.15) is 5.82 Å². The van der Waals surface area contributed by atoms with Crippen molar-refractivity contribution in [1.29, 1.82) is 0 Å². The number of piperidine rings is 1. The van der Waals surface area contributed by atoms with E-state index in [0.717, 1.165) is 45.8 Å². The van der Waals surface area contributed by atoms with Crippen LogP contribution in [0.5, 0.6) is 11.5 Å². The van der Waals surface area contributed by atoms with Gasteiger partial charge in [0.15, 0.2) is 11.5 Å². The van der Waals surface area contributed by atoms with Gasteiger partial charge in [0.25, 0.3) is 0 Å². The van der Waals surface area contributed by atoms with E-state index in [4.69, 9.17) is 14.2 Å². The summed E-state index contributed by atoms with van der Waals surface area (Å²) in [5, 5.41) is 0. The van der Waals surface area contributed by atoms with Crippen LogP contribution < -0.4 is 9.47 Å². The molecule has 0 unspecified atom stereocenters. The molecule has 2 fully saturated rings. The Kier molecular flexibility index (Phi) is 7.11. The van der Waals surface area contributed by atoms with Gasteiger partial charge in [-0.2, -0.15) is 0 Å². The molecule has 5 nitrogen and oxygen atoms in total. The number of hydrogen-bond donors (Lipinski definition) is 0. The van der Waals surface area contributed by atoms with Gasteiger partial charge in [-0.15, -0.1) is 0 Å². The molecule has 1 aromatic carbocycles. The van der Waals surface area contributed by atoms with Gasteiger partial charge in [0.05, 0.1) is 27.4 Å². The molecule has 0 amide bonds. The van der Waals surface area contributed by atoms with E-state index >= 15 is 0 Å². The first-order valence-electron chi connectivity index (χ1n) is 9.66. The predicted molar refractivity (Wildman–Crippen MR) is 99.4 cm³/mol. The zero-order valence-electron chi connectivity index (χ0n) is 16.0. The Labute approximate surface area is 156 Å². The highest BCUT2D eigenvalue weighted by Gasteiger charge is 2.25. The maximum Gasteiger partial charge on any atom is 0.163 e. The van der Waals surface area contributed by atoms with Gasteiger partial charge in [0.2, 0.25) is 0 Å². The predicted octanol–water partition coefficient (Wildman–Crippen LogP) is 2.92. The minimum atomic E-state index is -0.222. The standard InChI is InChI=1S/C20H31FN2O3/c1-24-19-13-16(18(21)14-20(19)25-2)15-23-7-4-3-5-17(23)6-8-22-9-11-26-12-10-22/h13-14,17H,3-12,15H2,1-2H3/t17-/m0/s1. The molecule has 0 radical (unpaired) electrons. The number of nitrogens with zero attached hydrogens (tertiary/aromatic N) is 2. The summed E-state index contributed by atoms with van der Waals surface area (Å²) in [7, 11) is 3.12. The van der Waals surface area contributed by atoms with E-state index in [1.807, 2.05) is 0 Å². The molecule has 1 atom stereocenters. The van der Waals surface area contributed by atoms with Crippen LogP contribution in [0.4, 0.5) is 4.39 Å². The van der Waals surface area contributed by atoms with Gasteiger partial charge < -0.3 is 14.2 Å². The summed E-state index contributed by atoms with van der Waals surface area (Å²) in [5.74, 6) is 0.808. The number of hydrogen-bond acceptors (Lipinski definition) is 5. The summed E-state index contributed by atoms with van der Waals surface area (Å²) in [6.45, 7) is 6.48. The number of methoxy groups -OCH3 is 2. The van der Waals surface area contributed by atoms with E-state index in [9.17, 15) is 4.39 Å². The van der Waals surface area contributed by atoms with Gasteiger partial charge >= 0.3 is 0 Å². The average Bonchev–Trinajstić information content (AvgIpc) is 2.69. The van der Waals surface area contributed by atoms with E-state index in [-0.39, 0.29) is 5.82 Å². The molecule has 26 heavy (non-hydrogen) atoms. The van der Waals surface area contributed by atoms with Crippen LogP contribution >= 0.6 is 0 Å². The number of benzene rings is 1. The van der Waals surface area contributed by atoms with E-state index in [0.29, 0.717) is 29.6 Å². The van der Waals surface area contributed by atoms with Gasteiger partial charge in [-0.3, -0.25) is 9.80 Å². The highest BCUT2D eigenvalue weighted by molar-refractivity contribution is 5.43. The summed E-state index contributed by atoms with van der Waals surface area (Å²) >= 11 is 0. The topological polar surface area (TPSA) is 34.2 Å². The highest BCUT2D eigenvalue weighted by atomic mass is 19.1. The molecule has 2 saturated heterocycles. The Balaban J connectivity index is 1.64. The molecule has 6 heteroatoms. The number of likely N-dealkylation sites (tertiary alicyclic amines) is 1. The Bertz CT molecular complexity index is 578. The lowest BCUT2D eigenvalue weighted by molar-refractivity contribution is 0.0301. The van der Waals surface area contributed by atoms with Crippen molar-refractivity contribution < 1.29 is 18.6 Å². The Morgan fingerprint density at radius 3 is 2.54 bits per heavy atom. The second-order valence-electron chi connectivity index (χ2n) is 7.16. The third-order valence-corrected chi connectivity index (χ3v) is 5.56. The number of halogens is 1. The van der Waals surface area contributed by atoms with Gasteiger partial charge in [0, 0.05) is 37.3 Å².